The summed E-state index contributed by atoms with van der Waals surface area (Å²) >= 11 is 0. The van der Waals surface area contributed by atoms with Gasteiger partial charge in [-0.05, 0) is 34.1 Å². The van der Waals surface area contributed by atoms with Crippen molar-refractivity contribution >= 4 is 0 Å². The van der Waals surface area contributed by atoms with Crippen molar-refractivity contribution in [3.05, 3.63) is 0 Å². The van der Waals surface area contributed by atoms with Crippen LogP contribution in [0.2, 0.25) is 0 Å². The van der Waals surface area contributed by atoms with Gasteiger partial charge in [-0.3, -0.25) is 0 Å². The molecule has 32 heavy (non-hydrogen) atoms. The van der Waals surface area contributed by atoms with Gasteiger partial charge in [0.2, 0.25) is 0 Å². The molecule has 0 fully saturated rings. The Kier molecular flexibility index (Phi) is 22.4. The molecule has 5 atom stereocenters. The van der Waals surface area contributed by atoms with E-state index in [-0.39, 0.29) is 12.1 Å². The van der Waals surface area contributed by atoms with Crippen LogP contribution in [-0.4, -0.2) is 68.1 Å². The van der Waals surface area contributed by atoms with Crippen molar-refractivity contribution in [1.29, 1.82) is 0 Å². The second kappa shape index (κ2) is 22.5. The van der Waals surface area contributed by atoms with E-state index in [4.69, 9.17) is 5.73 Å². The normalized spacial score (nSPS) is 16.6. The number of hydrogen-bond acceptors (Lipinski definition) is 6. The van der Waals surface area contributed by atoms with E-state index >= 15 is 0 Å². The molecule has 0 saturated heterocycles. The quantitative estimate of drug-likeness (QED) is 0.124. The molecular weight excluding hydrogens is 398 g/mol. The highest BCUT2D eigenvalue weighted by molar-refractivity contribution is 4.74. The lowest BCUT2D eigenvalue weighted by Crippen LogP contribution is -2.48. The van der Waals surface area contributed by atoms with Gasteiger partial charge in [-0.1, -0.05) is 71.1 Å². The Morgan fingerprint density at radius 1 is 0.594 bits per heavy atom. The Bertz CT molecular complexity index is 383. The molecule has 0 amide bonds. The number of unbranched alkanes of at least 4 members (excludes halogenated alkanes) is 9. The van der Waals surface area contributed by atoms with Crippen LogP contribution in [0.3, 0.4) is 0 Å². The molecule has 0 aliphatic rings. The number of nitrogens with two attached hydrogens (primary N) is 1. The van der Waals surface area contributed by atoms with Crippen molar-refractivity contribution < 1.29 is 5.11 Å². The minimum absolute atomic E-state index is 0.193. The molecule has 0 aliphatic heterocycles. The van der Waals surface area contributed by atoms with Gasteiger partial charge in [0.1, 0.15) is 0 Å². The predicted molar refractivity (Wildman–Crippen MR) is 141 cm³/mol. The van der Waals surface area contributed by atoms with Crippen LogP contribution in [0, 0.1) is 0 Å². The molecule has 0 heterocycles. The summed E-state index contributed by atoms with van der Waals surface area (Å²) in [5.41, 5.74) is 5.78. The van der Waals surface area contributed by atoms with E-state index in [1.54, 1.807) is 0 Å². The fraction of sp³-hybridized carbons (Fsp3) is 1.00. The molecule has 0 aromatic rings. The standard InChI is InChI=1S/C26H59N5O/c1-6-7-8-9-10-11-12-13-14-15-16-26(32)21-28-18-23(3)30-20-25(5)31-19-24(4)29-17-22(2)27/h22-26,28-32H,6-21,27H2,1-5H3. The molecular formula is C26H59N5O. The number of rotatable bonds is 24. The molecule has 0 saturated carbocycles. The van der Waals surface area contributed by atoms with Crippen LogP contribution in [0.25, 0.3) is 0 Å². The largest absolute Gasteiger partial charge is 0.392 e. The summed E-state index contributed by atoms with van der Waals surface area (Å²) in [5.74, 6) is 0. The third-order valence-corrected chi connectivity index (χ3v) is 6.05. The van der Waals surface area contributed by atoms with E-state index in [2.05, 4.69) is 49.0 Å². The molecule has 0 aromatic carbocycles. The Morgan fingerprint density at radius 3 is 1.53 bits per heavy atom. The molecule has 0 bridgehead atoms. The van der Waals surface area contributed by atoms with Crippen molar-refractivity contribution in [2.45, 2.75) is 136 Å². The minimum Gasteiger partial charge on any atom is -0.392 e. The predicted octanol–water partition coefficient (Wildman–Crippen LogP) is 3.53. The van der Waals surface area contributed by atoms with Crippen molar-refractivity contribution in [2.75, 3.05) is 32.7 Å². The van der Waals surface area contributed by atoms with Crippen molar-refractivity contribution in [3.63, 3.8) is 0 Å². The fourth-order valence-electron chi connectivity index (χ4n) is 3.80. The third kappa shape index (κ3) is 22.9. The van der Waals surface area contributed by atoms with Crippen molar-refractivity contribution in [1.82, 2.24) is 21.3 Å². The zero-order chi connectivity index (χ0) is 24.0. The minimum atomic E-state index is -0.220. The van der Waals surface area contributed by atoms with Gasteiger partial charge in [0.25, 0.3) is 0 Å². The van der Waals surface area contributed by atoms with Crippen LogP contribution < -0.4 is 27.0 Å². The molecule has 0 radical (unpaired) electrons. The second-order valence-electron chi connectivity index (χ2n) is 10.2. The maximum atomic E-state index is 10.2. The van der Waals surface area contributed by atoms with Gasteiger partial charge in [0.05, 0.1) is 6.10 Å². The van der Waals surface area contributed by atoms with E-state index < -0.39 is 0 Å². The van der Waals surface area contributed by atoms with E-state index in [0.717, 1.165) is 39.0 Å². The molecule has 0 spiro atoms. The maximum Gasteiger partial charge on any atom is 0.0664 e. The first kappa shape index (κ1) is 31.8. The molecule has 194 valence electrons. The lowest BCUT2D eigenvalue weighted by Gasteiger charge is -2.22. The highest BCUT2D eigenvalue weighted by Crippen LogP contribution is 2.11. The summed E-state index contributed by atoms with van der Waals surface area (Å²) in [5, 5.41) is 24.2. The third-order valence-electron chi connectivity index (χ3n) is 6.05. The van der Waals surface area contributed by atoms with Crippen LogP contribution in [0.4, 0.5) is 0 Å². The van der Waals surface area contributed by atoms with Crippen LogP contribution in [0.1, 0.15) is 105 Å². The van der Waals surface area contributed by atoms with E-state index in [0.29, 0.717) is 24.7 Å². The molecule has 6 nitrogen and oxygen atoms in total. The zero-order valence-electron chi connectivity index (χ0n) is 22.2. The SMILES string of the molecule is CCCCCCCCCCCCC(O)CNCC(C)NCC(C)NCC(C)NCC(C)N. The first-order valence-electron chi connectivity index (χ1n) is 13.7. The average Bonchev–Trinajstić information content (AvgIpc) is 2.76. The number of hydrogen-bond donors (Lipinski definition) is 6. The van der Waals surface area contributed by atoms with Gasteiger partial charge >= 0.3 is 0 Å². The van der Waals surface area contributed by atoms with Gasteiger partial charge in [0, 0.05) is 56.9 Å². The average molecular weight is 458 g/mol. The Morgan fingerprint density at radius 2 is 1.03 bits per heavy atom. The van der Waals surface area contributed by atoms with E-state index in [1.807, 2.05) is 6.92 Å². The Hall–Kier alpha value is -0.240. The number of aliphatic hydroxyl groups is 1. The fourth-order valence-corrected chi connectivity index (χ4v) is 3.80. The summed E-state index contributed by atoms with van der Waals surface area (Å²) in [6, 6.07) is 1.41. The van der Waals surface area contributed by atoms with Crippen LogP contribution in [0.5, 0.6) is 0 Å². The van der Waals surface area contributed by atoms with Crippen molar-refractivity contribution in [2.24, 2.45) is 5.73 Å². The van der Waals surface area contributed by atoms with Gasteiger partial charge < -0.3 is 32.1 Å². The molecule has 0 aliphatic carbocycles. The smallest absolute Gasteiger partial charge is 0.0664 e. The van der Waals surface area contributed by atoms with Gasteiger partial charge in [-0.2, -0.15) is 0 Å². The van der Waals surface area contributed by atoms with Crippen LogP contribution >= 0.6 is 0 Å². The summed E-state index contributed by atoms with van der Waals surface area (Å²) < 4.78 is 0. The molecule has 7 N–H and O–H groups in total. The lowest BCUT2D eigenvalue weighted by atomic mass is 10.0. The summed E-state index contributed by atoms with van der Waals surface area (Å²) in [6.45, 7) is 15.2. The van der Waals surface area contributed by atoms with E-state index in [9.17, 15) is 5.11 Å². The molecule has 5 unspecified atom stereocenters. The first-order valence-corrected chi connectivity index (χ1v) is 13.7. The first-order chi connectivity index (χ1) is 15.3. The van der Waals surface area contributed by atoms with Gasteiger partial charge in [-0.15, -0.1) is 0 Å². The van der Waals surface area contributed by atoms with Gasteiger partial charge in [0.15, 0.2) is 0 Å². The van der Waals surface area contributed by atoms with Crippen LogP contribution in [-0.2, 0) is 0 Å². The van der Waals surface area contributed by atoms with E-state index in [1.165, 1.54) is 57.8 Å². The van der Waals surface area contributed by atoms with Crippen molar-refractivity contribution in [3.8, 4) is 0 Å². The Labute approximate surface area is 200 Å². The lowest BCUT2D eigenvalue weighted by molar-refractivity contribution is 0.157. The maximum absolute atomic E-state index is 10.2. The second-order valence-corrected chi connectivity index (χ2v) is 10.2. The summed E-state index contributed by atoms with van der Waals surface area (Å²) in [6.07, 6.45) is 14.1. The Balaban J connectivity index is 3.51. The number of nitrogens with one attached hydrogen (secondary N) is 4. The molecule has 6 heteroatoms. The summed E-state index contributed by atoms with van der Waals surface area (Å²) in [7, 11) is 0. The zero-order valence-corrected chi connectivity index (χ0v) is 22.2. The number of aliphatic hydroxyl groups excluding tert-OH is 1. The van der Waals surface area contributed by atoms with Crippen LogP contribution in [0.15, 0.2) is 0 Å². The highest BCUT2D eigenvalue weighted by atomic mass is 16.3. The molecule has 0 aromatic heterocycles. The highest BCUT2D eigenvalue weighted by Gasteiger charge is 2.09. The monoisotopic (exact) mass is 457 g/mol. The topological polar surface area (TPSA) is 94.4 Å². The summed E-state index contributed by atoms with van der Waals surface area (Å²) in [4.78, 5) is 0. The van der Waals surface area contributed by atoms with Gasteiger partial charge in [-0.25, -0.2) is 0 Å². The molecule has 0 rings (SSSR count).